The Bertz CT molecular complexity index is 385. The number of piperazine rings is 1. The molecule has 5 heteroatoms. The lowest BCUT2D eigenvalue weighted by atomic mass is 9.54. The fraction of sp³-hybridized carbons (Fsp3) is 0.933. The number of carbonyl (C=O) groups excluding carboxylic acids is 1. The lowest BCUT2D eigenvalue weighted by Crippen LogP contribution is -2.77. The molecule has 1 saturated heterocycles. The first kappa shape index (κ1) is 15.7. The second-order valence-corrected chi connectivity index (χ2v) is 6.95. The highest BCUT2D eigenvalue weighted by Gasteiger charge is 2.64. The van der Waals surface area contributed by atoms with E-state index < -0.39 is 5.54 Å². The summed E-state index contributed by atoms with van der Waals surface area (Å²) in [5.41, 5.74) is 5.40. The zero-order chi connectivity index (χ0) is 15.1. The van der Waals surface area contributed by atoms with E-state index >= 15 is 0 Å². The minimum atomic E-state index is -0.781. The first-order valence-electron chi connectivity index (χ1n) is 7.64. The van der Waals surface area contributed by atoms with Crippen molar-refractivity contribution in [2.24, 2.45) is 11.1 Å². The summed E-state index contributed by atoms with van der Waals surface area (Å²) in [5.74, 6) is 0.0963. The molecule has 1 heterocycles. The van der Waals surface area contributed by atoms with Crippen molar-refractivity contribution in [2.75, 3.05) is 33.3 Å². The van der Waals surface area contributed by atoms with Gasteiger partial charge in [-0.25, -0.2) is 0 Å². The van der Waals surface area contributed by atoms with Crippen molar-refractivity contribution in [3.8, 4) is 0 Å². The highest BCUT2D eigenvalue weighted by atomic mass is 16.5. The molecule has 2 N–H and O–H groups in total. The van der Waals surface area contributed by atoms with Crippen LogP contribution in [0.5, 0.6) is 0 Å². The van der Waals surface area contributed by atoms with Crippen molar-refractivity contribution < 1.29 is 9.53 Å². The van der Waals surface area contributed by atoms with Crippen LogP contribution in [0.3, 0.4) is 0 Å². The largest absolute Gasteiger partial charge is 0.378 e. The zero-order valence-electron chi connectivity index (χ0n) is 13.5. The maximum atomic E-state index is 12.9. The molecule has 1 amide bonds. The number of hydrogen-bond acceptors (Lipinski definition) is 4. The quantitative estimate of drug-likeness (QED) is 0.827. The zero-order valence-corrected chi connectivity index (χ0v) is 13.5. The first-order valence-corrected chi connectivity index (χ1v) is 7.64. The van der Waals surface area contributed by atoms with E-state index in [0.29, 0.717) is 13.0 Å². The molecule has 2 fully saturated rings. The van der Waals surface area contributed by atoms with Gasteiger partial charge in [0.25, 0.3) is 0 Å². The molecule has 0 bridgehead atoms. The van der Waals surface area contributed by atoms with E-state index in [-0.39, 0.29) is 23.5 Å². The van der Waals surface area contributed by atoms with E-state index in [1.54, 1.807) is 0 Å². The number of nitrogens with two attached hydrogens (primary N) is 1. The van der Waals surface area contributed by atoms with Crippen LogP contribution in [0.1, 0.15) is 34.1 Å². The highest BCUT2D eigenvalue weighted by molar-refractivity contribution is 5.89. The maximum Gasteiger partial charge on any atom is 0.243 e. The maximum absolute atomic E-state index is 12.9. The van der Waals surface area contributed by atoms with E-state index in [9.17, 15) is 4.79 Å². The van der Waals surface area contributed by atoms with Gasteiger partial charge in [-0.15, -0.1) is 0 Å². The predicted molar refractivity (Wildman–Crippen MR) is 79.4 cm³/mol. The van der Waals surface area contributed by atoms with Gasteiger partial charge >= 0.3 is 0 Å². The molecule has 3 unspecified atom stereocenters. The Hall–Kier alpha value is -0.650. The van der Waals surface area contributed by atoms with Gasteiger partial charge in [0.1, 0.15) is 5.54 Å². The Morgan fingerprint density at radius 1 is 1.40 bits per heavy atom. The van der Waals surface area contributed by atoms with Crippen molar-refractivity contribution >= 4 is 5.91 Å². The van der Waals surface area contributed by atoms with Crippen LogP contribution in [0.4, 0.5) is 0 Å². The van der Waals surface area contributed by atoms with Crippen molar-refractivity contribution in [1.82, 2.24) is 9.80 Å². The summed E-state index contributed by atoms with van der Waals surface area (Å²) in [4.78, 5) is 17.1. The fourth-order valence-corrected chi connectivity index (χ4v) is 3.50. The molecule has 1 aliphatic heterocycles. The van der Waals surface area contributed by atoms with Crippen LogP contribution in [0.15, 0.2) is 0 Å². The van der Waals surface area contributed by atoms with Gasteiger partial charge in [0.15, 0.2) is 0 Å². The van der Waals surface area contributed by atoms with E-state index in [4.69, 9.17) is 10.5 Å². The Morgan fingerprint density at radius 2 is 2.05 bits per heavy atom. The van der Waals surface area contributed by atoms with E-state index in [0.717, 1.165) is 19.6 Å². The molecule has 0 radical (unpaired) electrons. The Morgan fingerprint density at radius 3 is 2.55 bits per heavy atom. The first-order chi connectivity index (χ1) is 9.24. The summed E-state index contributed by atoms with van der Waals surface area (Å²) in [6, 6.07) is 0.226. The van der Waals surface area contributed by atoms with Gasteiger partial charge in [0, 0.05) is 44.1 Å². The number of hydrogen-bond donors (Lipinski definition) is 1. The van der Waals surface area contributed by atoms with Crippen LogP contribution in [-0.2, 0) is 9.53 Å². The molecule has 0 aromatic carbocycles. The molecule has 0 aromatic heterocycles. The fourth-order valence-electron chi connectivity index (χ4n) is 3.50. The molecular weight excluding hydrogens is 254 g/mol. The Balaban J connectivity index is 2.09. The average molecular weight is 283 g/mol. The van der Waals surface area contributed by atoms with Crippen molar-refractivity contribution in [1.29, 1.82) is 0 Å². The normalized spacial score (nSPS) is 37.6. The lowest BCUT2D eigenvalue weighted by molar-refractivity contribution is -0.182. The van der Waals surface area contributed by atoms with Gasteiger partial charge in [0.05, 0.1) is 6.10 Å². The summed E-state index contributed by atoms with van der Waals surface area (Å²) in [6.07, 6.45) is 0.718. The van der Waals surface area contributed by atoms with Gasteiger partial charge in [-0.1, -0.05) is 13.8 Å². The smallest absolute Gasteiger partial charge is 0.243 e. The van der Waals surface area contributed by atoms with Gasteiger partial charge in [-0.2, -0.15) is 0 Å². The van der Waals surface area contributed by atoms with Crippen LogP contribution < -0.4 is 5.73 Å². The second-order valence-electron chi connectivity index (χ2n) is 6.95. The number of rotatable bonds is 3. The van der Waals surface area contributed by atoms with Gasteiger partial charge in [-0.05, 0) is 20.9 Å². The SMILES string of the molecule is CCOC1CC(N)(C(=O)N2CCN(C)CC2C)C1(C)C. The molecule has 20 heavy (non-hydrogen) atoms. The van der Waals surface area contributed by atoms with Crippen LogP contribution in [0.2, 0.25) is 0 Å². The van der Waals surface area contributed by atoms with E-state index in [2.05, 4.69) is 32.7 Å². The summed E-state index contributed by atoms with van der Waals surface area (Å²) < 4.78 is 5.71. The van der Waals surface area contributed by atoms with Crippen LogP contribution in [0, 0.1) is 5.41 Å². The van der Waals surface area contributed by atoms with Crippen LogP contribution in [-0.4, -0.2) is 66.7 Å². The molecule has 1 aliphatic carbocycles. The van der Waals surface area contributed by atoms with E-state index in [1.165, 1.54) is 0 Å². The molecule has 3 atom stereocenters. The topological polar surface area (TPSA) is 58.8 Å². The summed E-state index contributed by atoms with van der Waals surface area (Å²) in [5, 5.41) is 0. The third-order valence-corrected chi connectivity index (χ3v) is 5.30. The number of nitrogens with zero attached hydrogens (tertiary/aromatic N) is 2. The minimum Gasteiger partial charge on any atom is -0.378 e. The standard InChI is InChI=1S/C15H29N3O2/c1-6-20-12-9-15(16,14(12,3)4)13(19)18-8-7-17(5)10-11(18)2/h11-12H,6-10,16H2,1-5H3. The number of carbonyl (C=O) groups is 1. The van der Waals surface area contributed by atoms with E-state index in [1.807, 2.05) is 11.8 Å². The number of amides is 1. The number of likely N-dealkylation sites (N-methyl/N-ethyl adjacent to an activating group) is 1. The average Bonchev–Trinajstić information content (AvgIpc) is 2.37. The molecule has 2 aliphatic rings. The molecule has 1 saturated carbocycles. The summed E-state index contributed by atoms with van der Waals surface area (Å²) >= 11 is 0. The summed E-state index contributed by atoms with van der Waals surface area (Å²) in [6.45, 7) is 11.5. The summed E-state index contributed by atoms with van der Waals surface area (Å²) in [7, 11) is 2.09. The van der Waals surface area contributed by atoms with Crippen molar-refractivity contribution in [3.05, 3.63) is 0 Å². The third kappa shape index (κ3) is 2.26. The molecule has 5 nitrogen and oxygen atoms in total. The Kier molecular flexibility index (Phi) is 4.15. The number of ether oxygens (including phenoxy) is 1. The Labute approximate surface area is 122 Å². The van der Waals surface area contributed by atoms with Gasteiger partial charge in [0.2, 0.25) is 5.91 Å². The minimum absolute atomic E-state index is 0.0872. The molecule has 2 rings (SSSR count). The van der Waals surface area contributed by atoms with Crippen molar-refractivity contribution in [3.63, 3.8) is 0 Å². The molecule has 0 aromatic rings. The third-order valence-electron chi connectivity index (χ3n) is 5.30. The lowest BCUT2D eigenvalue weighted by Gasteiger charge is -2.59. The van der Waals surface area contributed by atoms with Gasteiger partial charge < -0.3 is 20.3 Å². The predicted octanol–water partition coefficient (Wildman–Crippen LogP) is 0.681. The van der Waals surface area contributed by atoms with Crippen LogP contribution in [0.25, 0.3) is 0 Å². The molecule has 116 valence electrons. The molecular formula is C15H29N3O2. The highest BCUT2D eigenvalue weighted by Crippen LogP contribution is 2.50. The molecule has 0 spiro atoms. The second kappa shape index (κ2) is 5.28. The monoisotopic (exact) mass is 283 g/mol. The van der Waals surface area contributed by atoms with Gasteiger partial charge in [-0.3, -0.25) is 4.79 Å². The van der Waals surface area contributed by atoms with Crippen LogP contribution >= 0.6 is 0 Å². The van der Waals surface area contributed by atoms with Crippen molar-refractivity contribution in [2.45, 2.75) is 51.8 Å².